The van der Waals surface area contributed by atoms with Gasteiger partial charge < -0.3 is 10.4 Å². The van der Waals surface area contributed by atoms with Crippen LogP contribution < -0.4 is 5.32 Å². The fourth-order valence-corrected chi connectivity index (χ4v) is 3.78. The Kier molecular flexibility index (Phi) is 6.11. The third kappa shape index (κ3) is 4.44. The number of hydrogen-bond donors (Lipinski definition) is 2. The molecule has 0 amide bonds. The second-order valence-corrected chi connectivity index (χ2v) is 6.80. The van der Waals surface area contributed by atoms with E-state index in [9.17, 15) is 0 Å². The highest BCUT2D eigenvalue weighted by atomic mass is 16.2. The van der Waals surface area contributed by atoms with Crippen molar-refractivity contribution in [3.63, 3.8) is 0 Å². The number of aliphatic hydroxyl groups excluding tert-OH is 1. The van der Waals surface area contributed by atoms with Crippen LogP contribution in [0, 0.1) is 11.8 Å². The van der Waals surface area contributed by atoms with Gasteiger partial charge in [0.05, 0.1) is 0 Å². The topological polar surface area (TPSA) is 35.5 Å². The molecule has 1 aliphatic carbocycles. The van der Waals surface area contributed by atoms with E-state index < -0.39 is 0 Å². The van der Waals surface area contributed by atoms with Crippen molar-refractivity contribution >= 4 is 0 Å². The molecule has 0 aromatic heterocycles. The van der Waals surface area contributed by atoms with Gasteiger partial charge in [-0.1, -0.05) is 13.8 Å². The summed E-state index contributed by atoms with van der Waals surface area (Å²) in [6, 6.07) is 1.52. The zero-order valence-electron chi connectivity index (χ0n) is 12.8. The molecule has 2 unspecified atom stereocenters. The number of aliphatic hydroxyl groups is 1. The van der Waals surface area contributed by atoms with Crippen molar-refractivity contribution in [2.75, 3.05) is 26.2 Å². The maximum atomic E-state index is 9.04. The smallest absolute Gasteiger partial charge is 0.0431 e. The van der Waals surface area contributed by atoms with Crippen molar-refractivity contribution in [2.45, 2.75) is 64.5 Å². The van der Waals surface area contributed by atoms with Crippen LogP contribution in [0.25, 0.3) is 0 Å². The Morgan fingerprint density at radius 3 is 2.63 bits per heavy atom. The van der Waals surface area contributed by atoms with Crippen LogP contribution in [0.4, 0.5) is 0 Å². The fourth-order valence-electron chi connectivity index (χ4n) is 3.78. The molecule has 0 aromatic rings. The molecule has 2 N–H and O–H groups in total. The van der Waals surface area contributed by atoms with Crippen molar-refractivity contribution in [1.29, 1.82) is 0 Å². The standard InChI is InChI=1S/C16H32N2O/c1-3-6-17-15-10-14(5-4-7-19)11-18(12-15)16-8-13(2)9-16/h13-17,19H,3-12H2,1-2H3. The SMILES string of the molecule is CCCNC1CC(CCCO)CN(C2CC(C)C2)C1. The number of piperidine rings is 1. The summed E-state index contributed by atoms with van der Waals surface area (Å²) in [6.45, 7) is 8.62. The lowest BCUT2D eigenvalue weighted by atomic mass is 9.78. The normalized spacial score (nSPS) is 36.2. The van der Waals surface area contributed by atoms with Crippen molar-refractivity contribution in [3.05, 3.63) is 0 Å². The zero-order chi connectivity index (χ0) is 13.7. The van der Waals surface area contributed by atoms with Crippen LogP contribution in [0.1, 0.15) is 52.4 Å². The molecule has 0 radical (unpaired) electrons. The molecular weight excluding hydrogens is 236 g/mol. The predicted molar refractivity (Wildman–Crippen MR) is 80.3 cm³/mol. The van der Waals surface area contributed by atoms with Crippen LogP contribution in [0.5, 0.6) is 0 Å². The van der Waals surface area contributed by atoms with Crippen LogP contribution in [0.15, 0.2) is 0 Å². The average molecular weight is 268 g/mol. The molecule has 1 heterocycles. The van der Waals surface area contributed by atoms with Gasteiger partial charge in [-0.15, -0.1) is 0 Å². The van der Waals surface area contributed by atoms with Gasteiger partial charge in [-0.2, -0.15) is 0 Å². The highest BCUT2D eigenvalue weighted by Gasteiger charge is 2.36. The van der Waals surface area contributed by atoms with Gasteiger partial charge >= 0.3 is 0 Å². The molecule has 2 fully saturated rings. The number of nitrogens with one attached hydrogen (secondary N) is 1. The Hall–Kier alpha value is -0.120. The summed E-state index contributed by atoms with van der Waals surface area (Å²) < 4.78 is 0. The summed E-state index contributed by atoms with van der Waals surface area (Å²) in [5.41, 5.74) is 0. The third-order valence-electron chi connectivity index (χ3n) is 4.88. The van der Waals surface area contributed by atoms with E-state index >= 15 is 0 Å². The first-order valence-corrected chi connectivity index (χ1v) is 8.31. The molecular formula is C16H32N2O. The van der Waals surface area contributed by atoms with E-state index in [1.165, 1.54) is 45.2 Å². The van der Waals surface area contributed by atoms with Gasteiger partial charge in [-0.25, -0.2) is 0 Å². The molecule has 0 spiro atoms. The molecule has 19 heavy (non-hydrogen) atoms. The van der Waals surface area contributed by atoms with E-state index in [1.807, 2.05) is 0 Å². The number of nitrogens with zero attached hydrogens (tertiary/aromatic N) is 1. The summed E-state index contributed by atoms with van der Waals surface area (Å²) in [4.78, 5) is 2.73. The van der Waals surface area contributed by atoms with Crippen LogP contribution >= 0.6 is 0 Å². The van der Waals surface area contributed by atoms with E-state index in [0.717, 1.165) is 30.8 Å². The van der Waals surface area contributed by atoms with Gasteiger partial charge in [-0.3, -0.25) is 4.90 Å². The van der Waals surface area contributed by atoms with Gasteiger partial charge in [0.2, 0.25) is 0 Å². The molecule has 3 nitrogen and oxygen atoms in total. The minimum atomic E-state index is 0.351. The second kappa shape index (κ2) is 7.61. The fraction of sp³-hybridized carbons (Fsp3) is 1.00. The minimum Gasteiger partial charge on any atom is -0.396 e. The van der Waals surface area contributed by atoms with E-state index in [1.54, 1.807) is 0 Å². The molecule has 1 saturated heterocycles. The Balaban J connectivity index is 1.83. The molecule has 2 atom stereocenters. The lowest BCUT2D eigenvalue weighted by molar-refractivity contribution is 0.0307. The molecule has 0 aromatic carbocycles. The van der Waals surface area contributed by atoms with Gasteiger partial charge in [0.1, 0.15) is 0 Å². The van der Waals surface area contributed by atoms with Gasteiger partial charge in [0, 0.05) is 31.8 Å². The summed E-state index contributed by atoms with van der Waals surface area (Å²) in [5.74, 6) is 1.72. The second-order valence-electron chi connectivity index (χ2n) is 6.80. The maximum absolute atomic E-state index is 9.04. The number of hydrogen-bond acceptors (Lipinski definition) is 3. The molecule has 112 valence electrons. The number of rotatable bonds is 7. The molecule has 1 saturated carbocycles. The average Bonchev–Trinajstić information content (AvgIpc) is 2.39. The summed E-state index contributed by atoms with van der Waals surface area (Å²) in [5, 5.41) is 12.8. The molecule has 2 aliphatic rings. The van der Waals surface area contributed by atoms with E-state index in [2.05, 4.69) is 24.1 Å². The number of likely N-dealkylation sites (tertiary alicyclic amines) is 1. The van der Waals surface area contributed by atoms with Gasteiger partial charge in [-0.05, 0) is 56.9 Å². The minimum absolute atomic E-state index is 0.351. The zero-order valence-corrected chi connectivity index (χ0v) is 12.8. The van der Waals surface area contributed by atoms with E-state index in [0.29, 0.717) is 12.6 Å². The monoisotopic (exact) mass is 268 g/mol. The molecule has 2 rings (SSSR count). The molecule has 0 bridgehead atoms. The van der Waals surface area contributed by atoms with E-state index in [-0.39, 0.29) is 0 Å². The first-order chi connectivity index (χ1) is 9.22. The lowest BCUT2D eigenvalue weighted by Crippen LogP contribution is -2.55. The first-order valence-electron chi connectivity index (χ1n) is 8.31. The Bertz CT molecular complexity index is 237. The highest BCUT2D eigenvalue weighted by molar-refractivity contribution is 4.92. The Morgan fingerprint density at radius 2 is 2.00 bits per heavy atom. The van der Waals surface area contributed by atoms with E-state index in [4.69, 9.17) is 5.11 Å². The third-order valence-corrected chi connectivity index (χ3v) is 4.88. The maximum Gasteiger partial charge on any atom is 0.0431 e. The Labute approximate surface area is 118 Å². The van der Waals surface area contributed by atoms with Crippen molar-refractivity contribution in [3.8, 4) is 0 Å². The molecule has 3 heteroatoms. The molecule has 1 aliphatic heterocycles. The Morgan fingerprint density at radius 1 is 1.21 bits per heavy atom. The van der Waals surface area contributed by atoms with Crippen molar-refractivity contribution < 1.29 is 5.11 Å². The summed E-state index contributed by atoms with van der Waals surface area (Å²) >= 11 is 0. The van der Waals surface area contributed by atoms with Crippen molar-refractivity contribution in [1.82, 2.24) is 10.2 Å². The predicted octanol–water partition coefficient (Wildman–Crippen LogP) is 2.25. The lowest BCUT2D eigenvalue weighted by Gasteiger charge is -2.47. The quantitative estimate of drug-likeness (QED) is 0.743. The van der Waals surface area contributed by atoms with Crippen LogP contribution in [0.3, 0.4) is 0 Å². The van der Waals surface area contributed by atoms with Gasteiger partial charge in [0.25, 0.3) is 0 Å². The van der Waals surface area contributed by atoms with Crippen molar-refractivity contribution in [2.24, 2.45) is 11.8 Å². The van der Waals surface area contributed by atoms with Gasteiger partial charge in [0.15, 0.2) is 0 Å². The summed E-state index contributed by atoms with van der Waals surface area (Å²) in [6.07, 6.45) is 7.48. The largest absolute Gasteiger partial charge is 0.396 e. The van der Waals surface area contributed by atoms with Crippen LogP contribution in [0.2, 0.25) is 0 Å². The summed E-state index contributed by atoms with van der Waals surface area (Å²) in [7, 11) is 0. The first kappa shape index (κ1) is 15.3. The highest BCUT2D eigenvalue weighted by Crippen LogP contribution is 2.34. The van der Waals surface area contributed by atoms with Crippen LogP contribution in [-0.2, 0) is 0 Å². The van der Waals surface area contributed by atoms with Crippen LogP contribution in [-0.4, -0.2) is 48.3 Å².